The van der Waals surface area contributed by atoms with Gasteiger partial charge in [-0.1, -0.05) is 49.0 Å². The maximum absolute atomic E-state index is 11.5. The third kappa shape index (κ3) is 3.14. The topological polar surface area (TPSA) is 68.0 Å². The van der Waals surface area contributed by atoms with E-state index in [9.17, 15) is 9.90 Å². The van der Waals surface area contributed by atoms with E-state index >= 15 is 0 Å². The number of aliphatic carboxylic acids is 1. The van der Waals surface area contributed by atoms with Gasteiger partial charge < -0.3 is 5.11 Å². The zero-order valence-electron chi connectivity index (χ0n) is 14.8. The highest BCUT2D eigenvalue weighted by Crippen LogP contribution is 2.35. The molecule has 5 nitrogen and oxygen atoms in total. The third-order valence-electron chi connectivity index (χ3n) is 4.27. The normalized spacial score (nSPS) is 11.8. The molecule has 2 aromatic carbocycles. The number of thioether (sulfide) groups is 1. The average Bonchev–Trinajstić information content (AvgIpc) is 2.93. The van der Waals surface area contributed by atoms with Crippen LogP contribution in [0.4, 0.5) is 0 Å². The Morgan fingerprint density at radius 3 is 2.48 bits per heavy atom. The first-order valence-corrected chi connectivity index (χ1v) is 9.02. The van der Waals surface area contributed by atoms with Gasteiger partial charge in [0.25, 0.3) is 0 Å². The Bertz CT molecular complexity index is 947. The van der Waals surface area contributed by atoms with E-state index in [2.05, 4.69) is 41.4 Å². The van der Waals surface area contributed by atoms with Gasteiger partial charge in [0.2, 0.25) is 0 Å². The standard InChI is InChI=1S/C19H21N3O2S/c1-5-13-10-11-16(15-9-7-6-8-14(13)15)22-12(2)20-21-18(22)25-19(3,4)17(23)24/h6-11H,5H2,1-4H3,(H,23,24). The van der Waals surface area contributed by atoms with Crippen molar-refractivity contribution in [2.45, 2.75) is 44.0 Å². The van der Waals surface area contributed by atoms with Crippen LogP contribution >= 0.6 is 11.8 Å². The summed E-state index contributed by atoms with van der Waals surface area (Å²) in [4.78, 5) is 11.5. The third-order valence-corrected chi connectivity index (χ3v) is 5.40. The van der Waals surface area contributed by atoms with E-state index in [-0.39, 0.29) is 0 Å². The molecule has 0 spiro atoms. The molecule has 1 heterocycles. The fraction of sp³-hybridized carbons (Fsp3) is 0.316. The SMILES string of the molecule is CCc1ccc(-n2c(C)nnc2SC(C)(C)C(=O)O)c2ccccc12. The van der Waals surface area contributed by atoms with Crippen LogP contribution in [0.1, 0.15) is 32.2 Å². The summed E-state index contributed by atoms with van der Waals surface area (Å²) in [5.41, 5.74) is 2.25. The lowest BCUT2D eigenvalue weighted by atomic mass is 10.0. The number of nitrogens with zero attached hydrogens (tertiary/aromatic N) is 3. The van der Waals surface area contributed by atoms with Crippen LogP contribution in [0.25, 0.3) is 16.5 Å². The second kappa shape index (κ2) is 6.52. The molecule has 3 rings (SSSR count). The van der Waals surface area contributed by atoms with Crippen molar-refractivity contribution in [2.24, 2.45) is 0 Å². The Kier molecular flexibility index (Phi) is 4.56. The van der Waals surface area contributed by atoms with Crippen LogP contribution in [-0.4, -0.2) is 30.6 Å². The molecule has 0 saturated heterocycles. The number of rotatable bonds is 5. The first-order valence-electron chi connectivity index (χ1n) is 8.20. The monoisotopic (exact) mass is 355 g/mol. The quantitative estimate of drug-likeness (QED) is 0.693. The predicted octanol–water partition coefficient (Wildman–Crippen LogP) is 4.25. The van der Waals surface area contributed by atoms with E-state index in [1.807, 2.05) is 23.6 Å². The summed E-state index contributed by atoms with van der Waals surface area (Å²) in [6.07, 6.45) is 0.954. The van der Waals surface area contributed by atoms with Crippen LogP contribution in [0.15, 0.2) is 41.6 Å². The fourth-order valence-corrected chi connectivity index (χ4v) is 3.75. The fourth-order valence-electron chi connectivity index (χ4n) is 2.81. The number of aromatic nitrogens is 3. The number of carbonyl (C=O) groups is 1. The summed E-state index contributed by atoms with van der Waals surface area (Å²) in [5.74, 6) is -0.144. The van der Waals surface area contributed by atoms with Gasteiger partial charge in [0.15, 0.2) is 5.16 Å². The number of hydrogen-bond donors (Lipinski definition) is 1. The number of benzene rings is 2. The number of hydrogen-bond acceptors (Lipinski definition) is 4. The van der Waals surface area contributed by atoms with E-state index in [0.717, 1.165) is 23.3 Å². The minimum atomic E-state index is -0.990. The molecule has 0 fully saturated rings. The number of carboxylic acid groups (broad SMARTS) is 1. The van der Waals surface area contributed by atoms with E-state index < -0.39 is 10.7 Å². The molecule has 0 amide bonds. The van der Waals surface area contributed by atoms with E-state index in [1.165, 1.54) is 22.7 Å². The summed E-state index contributed by atoms with van der Waals surface area (Å²) in [6, 6.07) is 12.4. The second-order valence-corrected chi connectivity index (χ2v) is 8.02. The van der Waals surface area contributed by atoms with Crippen molar-refractivity contribution in [1.29, 1.82) is 0 Å². The summed E-state index contributed by atoms with van der Waals surface area (Å²) >= 11 is 1.20. The summed E-state index contributed by atoms with van der Waals surface area (Å²) in [5, 5.41) is 20.7. The van der Waals surface area contributed by atoms with Crippen LogP contribution in [0.2, 0.25) is 0 Å². The number of fused-ring (bicyclic) bond motifs is 1. The van der Waals surface area contributed by atoms with Gasteiger partial charge in [0.05, 0.1) is 5.69 Å². The predicted molar refractivity (Wildman–Crippen MR) is 101 cm³/mol. The molecule has 0 atom stereocenters. The molecule has 130 valence electrons. The lowest BCUT2D eigenvalue weighted by molar-refractivity contribution is -0.138. The van der Waals surface area contributed by atoms with Gasteiger partial charge in [-0.05, 0) is 44.2 Å². The zero-order valence-corrected chi connectivity index (χ0v) is 15.6. The van der Waals surface area contributed by atoms with E-state index in [0.29, 0.717) is 5.16 Å². The summed E-state index contributed by atoms with van der Waals surface area (Å²) < 4.78 is 0.952. The minimum Gasteiger partial charge on any atom is -0.480 e. The van der Waals surface area contributed by atoms with Crippen molar-refractivity contribution in [3.05, 3.63) is 47.8 Å². The molecule has 3 aromatic rings. The first-order chi connectivity index (χ1) is 11.8. The average molecular weight is 355 g/mol. The molecule has 6 heteroatoms. The molecular weight excluding hydrogens is 334 g/mol. The van der Waals surface area contributed by atoms with Crippen LogP contribution < -0.4 is 0 Å². The van der Waals surface area contributed by atoms with Gasteiger partial charge in [-0.3, -0.25) is 9.36 Å². The molecule has 0 saturated carbocycles. The maximum Gasteiger partial charge on any atom is 0.319 e. The molecule has 1 N–H and O–H groups in total. The van der Waals surface area contributed by atoms with Gasteiger partial charge in [0, 0.05) is 5.39 Å². The maximum atomic E-state index is 11.5. The Morgan fingerprint density at radius 2 is 1.84 bits per heavy atom. The highest BCUT2D eigenvalue weighted by atomic mass is 32.2. The van der Waals surface area contributed by atoms with Crippen molar-refractivity contribution in [3.63, 3.8) is 0 Å². The summed E-state index contributed by atoms with van der Waals surface area (Å²) in [6.45, 7) is 7.37. The Labute approximate surface area is 151 Å². The van der Waals surface area contributed by atoms with Gasteiger partial charge >= 0.3 is 5.97 Å². The highest BCUT2D eigenvalue weighted by molar-refractivity contribution is 8.01. The molecular formula is C19H21N3O2S. The molecule has 0 bridgehead atoms. The Balaban J connectivity index is 2.20. The minimum absolute atomic E-state index is 0.583. The molecule has 0 aliphatic heterocycles. The lowest BCUT2D eigenvalue weighted by Crippen LogP contribution is -2.27. The molecule has 0 radical (unpaired) electrons. The van der Waals surface area contributed by atoms with Crippen molar-refractivity contribution in [1.82, 2.24) is 14.8 Å². The van der Waals surface area contributed by atoms with Crippen molar-refractivity contribution >= 4 is 28.5 Å². The molecule has 0 unspecified atom stereocenters. The van der Waals surface area contributed by atoms with Crippen LogP contribution in [-0.2, 0) is 11.2 Å². The molecule has 0 aliphatic carbocycles. The Hall–Kier alpha value is -2.34. The first kappa shape index (κ1) is 17.5. The lowest BCUT2D eigenvalue weighted by Gasteiger charge is -2.19. The van der Waals surface area contributed by atoms with Gasteiger partial charge in [-0.2, -0.15) is 0 Å². The van der Waals surface area contributed by atoms with Gasteiger partial charge in [0.1, 0.15) is 10.6 Å². The van der Waals surface area contributed by atoms with Crippen LogP contribution in [0.5, 0.6) is 0 Å². The van der Waals surface area contributed by atoms with Gasteiger partial charge in [-0.15, -0.1) is 10.2 Å². The van der Waals surface area contributed by atoms with Crippen LogP contribution in [0.3, 0.4) is 0 Å². The molecule has 0 aliphatic rings. The van der Waals surface area contributed by atoms with Gasteiger partial charge in [-0.25, -0.2) is 0 Å². The number of carboxylic acids is 1. The van der Waals surface area contributed by atoms with E-state index in [1.54, 1.807) is 13.8 Å². The Morgan fingerprint density at radius 1 is 1.16 bits per heavy atom. The van der Waals surface area contributed by atoms with E-state index in [4.69, 9.17) is 0 Å². The zero-order chi connectivity index (χ0) is 18.2. The smallest absolute Gasteiger partial charge is 0.319 e. The molecule has 1 aromatic heterocycles. The van der Waals surface area contributed by atoms with Crippen LogP contribution in [0, 0.1) is 6.92 Å². The second-order valence-electron chi connectivity index (χ2n) is 6.43. The summed E-state index contributed by atoms with van der Waals surface area (Å²) in [7, 11) is 0. The van der Waals surface area contributed by atoms with Crippen molar-refractivity contribution in [3.8, 4) is 5.69 Å². The highest BCUT2D eigenvalue weighted by Gasteiger charge is 2.31. The largest absolute Gasteiger partial charge is 0.480 e. The number of aryl methyl sites for hydroxylation is 2. The molecule has 25 heavy (non-hydrogen) atoms. The van der Waals surface area contributed by atoms with Crippen molar-refractivity contribution < 1.29 is 9.90 Å². The van der Waals surface area contributed by atoms with Crippen molar-refractivity contribution in [2.75, 3.05) is 0 Å².